The Bertz CT molecular complexity index is 677. The van der Waals surface area contributed by atoms with E-state index in [-0.39, 0.29) is 11.0 Å². The number of aryl methyl sites for hydroxylation is 1. The molecule has 0 bridgehead atoms. The Morgan fingerprint density at radius 1 is 1.35 bits per heavy atom. The van der Waals surface area contributed by atoms with Crippen LogP contribution >= 0.6 is 0 Å². The third-order valence-corrected chi connectivity index (χ3v) is 2.80. The second-order valence-corrected chi connectivity index (χ2v) is 4.48. The first kappa shape index (κ1) is 14.0. The fourth-order valence-electron chi connectivity index (χ4n) is 1.85. The summed E-state index contributed by atoms with van der Waals surface area (Å²) in [6.45, 7) is 2.23. The van der Waals surface area contributed by atoms with Gasteiger partial charge in [-0.25, -0.2) is 0 Å². The summed E-state index contributed by atoms with van der Waals surface area (Å²) in [6.07, 6.45) is 1.42. The number of hydrogen-bond donors (Lipinski definition) is 2. The lowest BCUT2D eigenvalue weighted by Gasteiger charge is -2.07. The highest BCUT2D eigenvalue weighted by molar-refractivity contribution is 6.04. The number of H-pyrrole nitrogens is 1. The first-order valence-corrected chi connectivity index (χ1v) is 6.18. The Hall–Kier alpha value is -2.40. The molecule has 104 valence electrons. The van der Waals surface area contributed by atoms with Crippen LogP contribution in [0.5, 0.6) is 0 Å². The van der Waals surface area contributed by atoms with Crippen LogP contribution in [0.15, 0.2) is 41.3 Å². The molecular weight excluding hydrogens is 256 g/mol. The molecule has 2 N–H and O–H groups in total. The first-order valence-electron chi connectivity index (χ1n) is 6.18. The molecule has 2 aromatic rings. The minimum absolute atomic E-state index is 0.0905. The van der Waals surface area contributed by atoms with Gasteiger partial charge in [0.25, 0.3) is 5.91 Å². The summed E-state index contributed by atoms with van der Waals surface area (Å²) in [4.78, 5) is 26.7. The predicted octanol–water partition coefficient (Wildman–Crippen LogP) is 2.08. The summed E-state index contributed by atoms with van der Waals surface area (Å²) in [5.41, 5.74) is 2.08. The van der Waals surface area contributed by atoms with Gasteiger partial charge in [-0.2, -0.15) is 0 Å². The SMILES string of the molecule is COCc1cccc(NC(=O)c2c[nH]c(C)cc2=O)c1. The van der Waals surface area contributed by atoms with Gasteiger partial charge in [-0.15, -0.1) is 0 Å². The number of anilines is 1. The zero-order chi connectivity index (χ0) is 14.5. The number of rotatable bonds is 4. The van der Waals surface area contributed by atoms with Crippen LogP contribution in [-0.2, 0) is 11.3 Å². The van der Waals surface area contributed by atoms with E-state index in [0.29, 0.717) is 18.0 Å². The number of amides is 1. The Morgan fingerprint density at radius 3 is 2.85 bits per heavy atom. The van der Waals surface area contributed by atoms with Gasteiger partial charge in [0.15, 0.2) is 5.43 Å². The fraction of sp³-hybridized carbons (Fsp3) is 0.200. The lowest BCUT2D eigenvalue weighted by molar-refractivity contribution is 0.102. The molecule has 0 unspecified atom stereocenters. The van der Waals surface area contributed by atoms with Gasteiger partial charge in [-0.3, -0.25) is 9.59 Å². The van der Waals surface area contributed by atoms with Crippen molar-refractivity contribution in [2.75, 3.05) is 12.4 Å². The zero-order valence-corrected chi connectivity index (χ0v) is 11.4. The van der Waals surface area contributed by atoms with Gasteiger partial charge >= 0.3 is 0 Å². The number of ether oxygens (including phenoxy) is 1. The van der Waals surface area contributed by atoms with Crippen molar-refractivity contribution >= 4 is 11.6 Å². The van der Waals surface area contributed by atoms with Crippen LogP contribution in [0.4, 0.5) is 5.69 Å². The van der Waals surface area contributed by atoms with E-state index < -0.39 is 5.91 Å². The normalized spacial score (nSPS) is 10.3. The maximum absolute atomic E-state index is 12.1. The molecule has 1 heterocycles. The number of pyridine rings is 1. The van der Waals surface area contributed by atoms with Crippen molar-refractivity contribution in [3.05, 3.63) is 63.6 Å². The Balaban J connectivity index is 2.19. The summed E-state index contributed by atoms with van der Waals surface area (Å²) in [6, 6.07) is 8.70. The van der Waals surface area contributed by atoms with Crippen LogP contribution < -0.4 is 10.7 Å². The van der Waals surface area contributed by atoms with E-state index >= 15 is 0 Å². The first-order chi connectivity index (χ1) is 9.60. The zero-order valence-electron chi connectivity index (χ0n) is 11.4. The van der Waals surface area contributed by atoms with Gasteiger partial charge < -0.3 is 15.0 Å². The highest BCUT2D eigenvalue weighted by atomic mass is 16.5. The molecule has 20 heavy (non-hydrogen) atoms. The predicted molar refractivity (Wildman–Crippen MR) is 76.9 cm³/mol. The lowest BCUT2D eigenvalue weighted by atomic mass is 10.2. The highest BCUT2D eigenvalue weighted by Gasteiger charge is 2.10. The number of methoxy groups -OCH3 is 1. The molecule has 0 aliphatic carbocycles. The summed E-state index contributed by atoms with van der Waals surface area (Å²) < 4.78 is 5.04. The van der Waals surface area contributed by atoms with Crippen molar-refractivity contribution in [2.24, 2.45) is 0 Å². The van der Waals surface area contributed by atoms with Crippen LogP contribution in [0.1, 0.15) is 21.6 Å². The van der Waals surface area contributed by atoms with Crippen LogP contribution in [0, 0.1) is 6.92 Å². The van der Waals surface area contributed by atoms with E-state index in [2.05, 4.69) is 10.3 Å². The van der Waals surface area contributed by atoms with Crippen LogP contribution in [0.25, 0.3) is 0 Å². The third kappa shape index (κ3) is 3.33. The van der Waals surface area contributed by atoms with Crippen molar-refractivity contribution < 1.29 is 9.53 Å². The lowest BCUT2D eigenvalue weighted by Crippen LogP contribution is -2.21. The molecule has 1 amide bonds. The quantitative estimate of drug-likeness (QED) is 0.895. The van der Waals surface area contributed by atoms with Crippen LogP contribution in [0.3, 0.4) is 0 Å². The third-order valence-electron chi connectivity index (χ3n) is 2.80. The maximum Gasteiger partial charge on any atom is 0.261 e. The molecule has 0 atom stereocenters. The van der Waals surface area contributed by atoms with E-state index in [1.165, 1.54) is 12.3 Å². The van der Waals surface area contributed by atoms with Crippen molar-refractivity contribution in [3.8, 4) is 0 Å². The van der Waals surface area contributed by atoms with Crippen molar-refractivity contribution in [1.82, 2.24) is 4.98 Å². The fourth-order valence-corrected chi connectivity index (χ4v) is 1.85. The van der Waals surface area contributed by atoms with Crippen molar-refractivity contribution in [1.29, 1.82) is 0 Å². The molecule has 0 spiro atoms. The average Bonchev–Trinajstić information content (AvgIpc) is 2.39. The number of aromatic amines is 1. The van der Waals surface area contributed by atoms with Gasteiger partial charge in [0.2, 0.25) is 0 Å². The van der Waals surface area contributed by atoms with E-state index in [4.69, 9.17) is 4.74 Å². The van der Waals surface area contributed by atoms with Gasteiger partial charge in [-0.05, 0) is 24.6 Å². The highest BCUT2D eigenvalue weighted by Crippen LogP contribution is 2.12. The van der Waals surface area contributed by atoms with Crippen molar-refractivity contribution in [3.63, 3.8) is 0 Å². The monoisotopic (exact) mass is 272 g/mol. The summed E-state index contributed by atoms with van der Waals surface area (Å²) >= 11 is 0. The molecular formula is C15H16N2O3. The van der Waals surface area contributed by atoms with Gasteiger partial charge in [0.1, 0.15) is 5.56 Å². The van der Waals surface area contributed by atoms with Gasteiger partial charge in [0, 0.05) is 30.8 Å². The standard InChI is InChI=1S/C15H16N2O3/c1-10-6-14(18)13(8-16-10)15(19)17-12-5-3-4-11(7-12)9-20-2/h3-8H,9H2,1-2H3,(H,16,18)(H,17,19). The summed E-state index contributed by atoms with van der Waals surface area (Å²) in [5, 5.41) is 2.70. The smallest absolute Gasteiger partial charge is 0.261 e. The molecule has 0 radical (unpaired) electrons. The second kappa shape index (κ2) is 6.16. The number of aromatic nitrogens is 1. The molecule has 0 fully saturated rings. The minimum atomic E-state index is -0.430. The number of hydrogen-bond acceptors (Lipinski definition) is 3. The minimum Gasteiger partial charge on any atom is -0.380 e. The van der Waals surface area contributed by atoms with E-state index in [0.717, 1.165) is 5.56 Å². The Kier molecular flexibility index (Phi) is 4.32. The molecule has 0 aliphatic heterocycles. The number of benzene rings is 1. The van der Waals surface area contributed by atoms with Gasteiger partial charge in [0.05, 0.1) is 6.61 Å². The van der Waals surface area contributed by atoms with Crippen molar-refractivity contribution in [2.45, 2.75) is 13.5 Å². The molecule has 0 saturated heterocycles. The molecule has 5 nitrogen and oxygen atoms in total. The van der Waals surface area contributed by atoms with Crippen LogP contribution in [0.2, 0.25) is 0 Å². The van der Waals surface area contributed by atoms with Gasteiger partial charge in [-0.1, -0.05) is 12.1 Å². The molecule has 1 aromatic carbocycles. The largest absolute Gasteiger partial charge is 0.380 e. The average molecular weight is 272 g/mol. The molecule has 5 heteroatoms. The Morgan fingerprint density at radius 2 is 2.15 bits per heavy atom. The second-order valence-electron chi connectivity index (χ2n) is 4.48. The molecule has 0 aliphatic rings. The molecule has 0 saturated carbocycles. The molecule has 1 aromatic heterocycles. The number of carbonyl (C=O) groups is 1. The summed E-state index contributed by atoms with van der Waals surface area (Å²) in [5.74, 6) is -0.430. The van der Waals surface area contributed by atoms with E-state index in [1.54, 1.807) is 20.1 Å². The Labute approximate surface area is 116 Å². The van der Waals surface area contributed by atoms with Crippen LogP contribution in [-0.4, -0.2) is 18.0 Å². The maximum atomic E-state index is 12.1. The van der Waals surface area contributed by atoms with E-state index in [1.807, 2.05) is 18.2 Å². The summed E-state index contributed by atoms with van der Waals surface area (Å²) in [7, 11) is 1.61. The topological polar surface area (TPSA) is 71.2 Å². The number of nitrogens with one attached hydrogen (secondary N) is 2. The van der Waals surface area contributed by atoms with E-state index in [9.17, 15) is 9.59 Å². The number of carbonyl (C=O) groups excluding carboxylic acids is 1. The molecule has 2 rings (SSSR count).